The highest BCUT2D eigenvalue weighted by atomic mass is 127. The first kappa shape index (κ1) is 18.4. The van der Waals surface area contributed by atoms with Crippen molar-refractivity contribution in [2.75, 3.05) is 19.6 Å². The molecule has 0 bridgehead atoms. The van der Waals surface area contributed by atoms with Gasteiger partial charge in [-0.15, -0.1) is 42.3 Å². The standard InChI is InChI=1S/C16H23N3S.HI/c1-3-12-18-15(17-4-2)19-13-16(10-11-16)20-14-8-6-5-7-9-14;/h3,5-9H,1,4,10-13H2,2H3,(H2,17,18,19);1H. The number of hydrogen-bond acceptors (Lipinski definition) is 2. The van der Waals surface area contributed by atoms with Crippen LogP contribution in [0.15, 0.2) is 52.9 Å². The molecule has 2 N–H and O–H groups in total. The van der Waals surface area contributed by atoms with Crippen LogP contribution in [0.25, 0.3) is 0 Å². The van der Waals surface area contributed by atoms with E-state index in [1.807, 2.05) is 17.8 Å². The number of nitrogens with one attached hydrogen (secondary N) is 2. The lowest BCUT2D eigenvalue weighted by atomic mass is 10.4. The highest BCUT2D eigenvalue weighted by Gasteiger charge is 2.43. The number of nitrogens with zero attached hydrogens (tertiary/aromatic N) is 1. The third kappa shape index (κ3) is 6.30. The molecular weight excluding hydrogens is 393 g/mol. The van der Waals surface area contributed by atoms with E-state index in [0.29, 0.717) is 4.75 Å². The predicted molar refractivity (Wildman–Crippen MR) is 104 cm³/mol. The van der Waals surface area contributed by atoms with E-state index in [2.05, 4.69) is 54.5 Å². The highest BCUT2D eigenvalue weighted by molar-refractivity contribution is 14.0. The third-order valence-electron chi connectivity index (χ3n) is 3.17. The summed E-state index contributed by atoms with van der Waals surface area (Å²) >= 11 is 1.96. The molecule has 0 saturated heterocycles. The van der Waals surface area contributed by atoms with Crippen LogP contribution in [-0.4, -0.2) is 30.3 Å². The van der Waals surface area contributed by atoms with E-state index in [1.165, 1.54) is 17.7 Å². The second-order valence-corrected chi connectivity index (χ2v) is 6.50. The van der Waals surface area contributed by atoms with Gasteiger partial charge in [-0.2, -0.15) is 0 Å². The van der Waals surface area contributed by atoms with Crippen LogP contribution in [0.2, 0.25) is 0 Å². The normalized spacial score (nSPS) is 15.8. The third-order valence-corrected chi connectivity index (χ3v) is 4.65. The van der Waals surface area contributed by atoms with Crippen molar-refractivity contribution in [1.29, 1.82) is 0 Å². The Morgan fingerprint density at radius 3 is 2.62 bits per heavy atom. The fraction of sp³-hybridized carbons (Fsp3) is 0.438. The lowest BCUT2D eigenvalue weighted by Gasteiger charge is -2.14. The second kappa shape index (κ2) is 9.35. The largest absolute Gasteiger partial charge is 0.357 e. The molecule has 1 aromatic carbocycles. The van der Waals surface area contributed by atoms with Crippen molar-refractivity contribution < 1.29 is 0 Å². The van der Waals surface area contributed by atoms with Crippen LogP contribution in [0.4, 0.5) is 0 Å². The maximum Gasteiger partial charge on any atom is 0.191 e. The van der Waals surface area contributed by atoms with Gasteiger partial charge in [-0.3, -0.25) is 4.99 Å². The van der Waals surface area contributed by atoms with Crippen molar-refractivity contribution in [3.05, 3.63) is 43.0 Å². The monoisotopic (exact) mass is 417 g/mol. The zero-order valence-corrected chi connectivity index (χ0v) is 15.6. The van der Waals surface area contributed by atoms with Crippen LogP contribution < -0.4 is 10.6 Å². The summed E-state index contributed by atoms with van der Waals surface area (Å²) in [6.45, 7) is 8.28. The molecule has 1 fully saturated rings. The molecule has 0 heterocycles. The fourth-order valence-corrected chi connectivity index (χ4v) is 3.13. The van der Waals surface area contributed by atoms with Gasteiger partial charge in [0.1, 0.15) is 0 Å². The molecule has 0 atom stereocenters. The van der Waals surface area contributed by atoms with E-state index in [-0.39, 0.29) is 24.0 Å². The number of rotatable bonds is 7. The average Bonchev–Trinajstić information content (AvgIpc) is 3.23. The van der Waals surface area contributed by atoms with Gasteiger partial charge in [-0.05, 0) is 31.9 Å². The Bertz CT molecular complexity index is 458. The Balaban J connectivity index is 0.00000220. The first-order valence-corrected chi connectivity index (χ1v) is 7.97. The summed E-state index contributed by atoms with van der Waals surface area (Å²) in [5, 5.41) is 6.51. The zero-order valence-electron chi connectivity index (χ0n) is 12.5. The first-order valence-electron chi connectivity index (χ1n) is 7.15. The highest BCUT2D eigenvalue weighted by Crippen LogP contribution is 2.51. The minimum atomic E-state index is 0. The molecular formula is C16H24IN3S. The van der Waals surface area contributed by atoms with E-state index in [0.717, 1.165) is 25.6 Å². The van der Waals surface area contributed by atoms with E-state index in [1.54, 1.807) is 0 Å². The zero-order chi connectivity index (χ0) is 14.3. The van der Waals surface area contributed by atoms with Crippen LogP contribution in [0, 0.1) is 0 Å². The molecule has 0 radical (unpaired) electrons. The lowest BCUT2D eigenvalue weighted by Crippen LogP contribution is -2.37. The average molecular weight is 417 g/mol. The van der Waals surface area contributed by atoms with Crippen molar-refractivity contribution in [2.45, 2.75) is 29.4 Å². The Hall–Kier alpha value is -0.690. The summed E-state index contributed by atoms with van der Waals surface area (Å²) in [5.41, 5.74) is 0. The maximum atomic E-state index is 4.71. The van der Waals surface area contributed by atoms with E-state index in [4.69, 9.17) is 4.99 Å². The maximum absolute atomic E-state index is 4.71. The molecule has 5 heteroatoms. The number of aliphatic imine (C=N–C) groups is 1. The Labute approximate surface area is 149 Å². The summed E-state index contributed by atoms with van der Waals surface area (Å²) in [4.78, 5) is 6.04. The molecule has 2 rings (SSSR count). The molecule has 1 aliphatic carbocycles. The topological polar surface area (TPSA) is 36.4 Å². The number of thioether (sulfide) groups is 1. The van der Waals surface area contributed by atoms with Gasteiger partial charge in [-0.25, -0.2) is 0 Å². The van der Waals surface area contributed by atoms with Crippen LogP contribution >= 0.6 is 35.7 Å². The van der Waals surface area contributed by atoms with Crippen LogP contribution in [0.3, 0.4) is 0 Å². The molecule has 1 aromatic rings. The smallest absolute Gasteiger partial charge is 0.191 e. The Kier molecular flexibility index (Phi) is 8.18. The second-order valence-electron chi connectivity index (χ2n) is 4.96. The summed E-state index contributed by atoms with van der Waals surface area (Å²) < 4.78 is 0.303. The Morgan fingerprint density at radius 2 is 2.05 bits per heavy atom. The van der Waals surface area contributed by atoms with Gasteiger partial charge >= 0.3 is 0 Å². The van der Waals surface area contributed by atoms with Gasteiger partial charge in [0.25, 0.3) is 0 Å². The fourth-order valence-electron chi connectivity index (χ4n) is 1.90. The van der Waals surface area contributed by atoms with Crippen LogP contribution in [-0.2, 0) is 0 Å². The SMILES string of the molecule is C=CCNC(=NCC1(Sc2ccccc2)CC1)NCC.I. The number of guanidine groups is 1. The van der Waals surface area contributed by atoms with E-state index < -0.39 is 0 Å². The number of halogens is 1. The van der Waals surface area contributed by atoms with Crippen molar-refractivity contribution in [3.8, 4) is 0 Å². The predicted octanol–water partition coefficient (Wildman–Crippen LogP) is 3.67. The molecule has 1 aliphatic rings. The number of hydrogen-bond donors (Lipinski definition) is 2. The van der Waals surface area contributed by atoms with Gasteiger partial charge in [-0.1, -0.05) is 24.3 Å². The van der Waals surface area contributed by atoms with Gasteiger partial charge in [0.15, 0.2) is 5.96 Å². The van der Waals surface area contributed by atoms with Crippen molar-refractivity contribution >= 4 is 41.7 Å². The quantitative estimate of drug-likeness (QED) is 0.308. The summed E-state index contributed by atoms with van der Waals surface area (Å²) in [7, 11) is 0. The minimum Gasteiger partial charge on any atom is -0.357 e. The first-order chi connectivity index (χ1) is 9.78. The molecule has 0 unspecified atom stereocenters. The van der Waals surface area contributed by atoms with Gasteiger partial charge in [0.05, 0.1) is 6.54 Å². The molecule has 0 amide bonds. The summed E-state index contributed by atoms with van der Waals surface area (Å²) in [5.74, 6) is 0.882. The molecule has 3 nitrogen and oxygen atoms in total. The van der Waals surface area contributed by atoms with Gasteiger partial charge in [0.2, 0.25) is 0 Å². The molecule has 116 valence electrons. The van der Waals surface area contributed by atoms with E-state index >= 15 is 0 Å². The number of benzene rings is 1. The molecule has 1 saturated carbocycles. The van der Waals surface area contributed by atoms with E-state index in [9.17, 15) is 0 Å². The van der Waals surface area contributed by atoms with Crippen molar-refractivity contribution in [1.82, 2.24) is 10.6 Å². The van der Waals surface area contributed by atoms with Gasteiger partial charge in [0, 0.05) is 22.7 Å². The summed E-state index contributed by atoms with van der Waals surface area (Å²) in [6, 6.07) is 10.6. The van der Waals surface area contributed by atoms with Gasteiger partial charge < -0.3 is 10.6 Å². The van der Waals surface area contributed by atoms with Crippen molar-refractivity contribution in [2.24, 2.45) is 4.99 Å². The Morgan fingerprint density at radius 1 is 1.33 bits per heavy atom. The van der Waals surface area contributed by atoms with Crippen LogP contribution in [0.5, 0.6) is 0 Å². The molecule has 0 aliphatic heterocycles. The summed E-state index contributed by atoms with van der Waals surface area (Å²) in [6.07, 6.45) is 4.34. The molecule has 0 spiro atoms. The minimum absolute atomic E-state index is 0. The molecule has 0 aromatic heterocycles. The molecule has 21 heavy (non-hydrogen) atoms. The van der Waals surface area contributed by atoms with Crippen LogP contribution in [0.1, 0.15) is 19.8 Å². The van der Waals surface area contributed by atoms with Crippen molar-refractivity contribution in [3.63, 3.8) is 0 Å². The lowest BCUT2D eigenvalue weighted by molar-refractivity contribution is 0.832.